The lowest BCUT2D eigenvalue weighted by Crippen LogP contribution is -2.17. The van der Waals surface area contributed by atoms with Crippen LogP contribution in [0.15, 0.2) is 84.9 Å². The fourth-order valence-corrected chi connectivity index (χ4v) is 4.41. The number of fused-ring (bicyclic) bond motifs is 2. The standard InChI is InChI=1S/C28H22N6O6/c35-27(21-5-1-3-7-25(21)33(37)38)31-19-9-11-23-17(13-19)15-29-24-12-10-20(14-18(24)16-30-23)32-28(36)22-6-2-4-8-26(22)34(39)40/h1-14,29-30H,15-16H2,(H,31,35)(H,32,36). The second-order valence-electron chi connectivity index (χ2n) is 8.91. The molecule has 0 aromatic heterocycles. The van der Waals surface area contributed by atoms with Gasteiger partial charge in [0.25, 0.3) is 23.2 Å². The minimum atomic E-state index is -0.594. The van der Waals surface area contributed by atoms with Crippen LogP contribution in [0.25, 0.3) is 0 Å². The second-order valence-corrected chi connectivity index (χ2v) is 8.91. The van der Waals surface area contributed by atoms with Gasteiger partial charge in [0.2, 0.25) is 0 Å². The van der Waals surface area contributed by atoms with Crippen LogP contribution in [0.3, 0.4) is 0 Å². The van der Waals surface area contributed by atoms with Crippen LogP contribution in [-0.4, -0.2) is 21.7 Å². The Labute approximate surface area is 227 Å². The zero-order valence-corrected chi connectivity index (χ0v) is 20.8. The Balaban J connectivity index is 1.30. The molecule has 0 spiro atoms. The van der Waals surface area contributed by atoms with Crippen molar-refractivity contribution >= 4 is 45.9 Å². The number of anilines is 4. The first kappa shape index (κ1) is 25.9. The maximum absolute atomic E-state index is 12.7. The number of carbonyl (C=O) groups excluding carboxylic acids is 2. The normalized spacial score (nSPS) is 11.8. The van der Waals surface area contributed by atoms with Crippen molar-refractivity contribution < 1.29 is 19.4 Å². The first-order valence-electron chi connectivity index (χ1n) is 12.1. The van der Waals surface area contributed by atoms with Crippen LogP contribution in [0.1, 0.15) is 31.8 Å². The van der Waals surface area contributed by atoms with Gasteiger partial charge in [0.15, 0.2) is 0 Å². The van der Waals surface area contributed by atoms with Crippen LogP contribution in [0.4, 0.5) is 34.1 Å². The van der Waals surface area contributed by atoms with Crippen molar-refractivity contribution in [1.29, 1.82) is 0 Å². The minimum Gasteiger partial charge on any atom is -0.381 e. The van der Waals surface area contributed by atoms with Crippen LogP contribution in [0, 0.1) is 20.2 Å². The van der Waals surface area contributed by atoms with Gasteiger partial charge in [-0.05, 0) is 59.7 Å². The first-order valence-corrected chi connectivity index (χ1v) is 12.1. The molecule has 0 unspecified atom stereocenters. The summed E-state index contributed by atoms with van der Waals surface area (Å²) in [7, 11) is 0. The Morgan fingerprint density at radius 3 is 1.43 bits per heavy atom. The van der Waals surface area contributed by atoms with Crippen molar-refractivity contribution in [3.05, 3.63) is 127 Å². The van der Waals surface area contributed by atoms with E-state index in [1.54, 1.807) is 48.5 Å². The third-order valence-corrected chi connectivity index (χ3v) is 6.36. The number of amides is 2. The lowest BCUT2D eigenvalue weighted by atomic mass is 10.1. The SMILES string of the molecule is O=C(Nc1ccc2c(c1)CNc1ccc(NC(=O)c3ccccc3[N+](=O)[O-])cc1CN2)c1ccccc1[N+](=O)[O-]. The van der Waals surface area contributed by atoms with Crippen LogP contribution in [0.2, 0.25) is 0 Å². The number of hydrogen-bond acceptors (Lipinski definition) is 8. The summed E-state index contributed by atoms with van der Waals surface area (Å²) in [6, 6.07) is 22.1. The summed E-state index contributed by atoms with van der Waals surface area (Å²) in [5.41, 5.74) is 3.71. The van der Waals surface area contributed by atoms with Crippen LogP contribution >= 0.6 is 0 Å². The lowest BCUT2D eigenvalue weighted by Gasteiger charge is -2.22. The maximum Gasteiger partial charge on any atom is 0.282 e. The van der Waals surface area contributed by atoms with Crippen LogP contribution in [0.5, 0.6) is 0 Å². The molecule has 1 heterocycles. The highest BCUT2D eigenvalue weighted by atomic mass is 16.6. The minimum absolute atomic E-state index is 0.0332. The number of rotatable bonds is 6. The Hall–Kier alpha value is -5.78. The molecule has 5 rings (SSSR count). The highest BCUT2D eigenvalue weighted by Gasteiger charge is 2.21. The molecule has 4 aromatic carbocycles. The molecule has 12 nitrogen and oxygen atoms in total. The molecule has 0 aliphatic carbocycles. The fourth-order valence-electron chi connectivity index (χ4n) is 4.41. The van der Waals surface area contributed by atoms with Gasteiger partial charge in [-0.2, -0.15) is 0 Å². The average molecular weight is 539 g/mol. The number of nitrogens with zero attached hydrogens (tertiary/aromatic N) is 2. The molecule has 0 radical (unpaired) electrons. The van der Waals surface area contributed by atoms with E-state index in [4.69, 9.17) is 0 Å². The quantitative estimate of drug-likeness (QED) is 0.183. The molecule has 1 aliphatic rings. The maximum atomic E-state index is 12.7. The van der Waals surface area contributed by atoms with Gasteiger partial charge in [-0.3, -0.25) is 29.8 Å². The monoisotopic (exact) mass is 538 g/mol. The Morgan fingerprint density at radius 1 is 0.625 bits per heavy atom. The number of nitro benzene ring substituents is 2. The predicted molar refractivity (Wildman–Crippen MR) is 150 cm³/mol. The van der Waals surface area contributed by atoms with Gasteiger partial charge in [0.05, 0.1) is 9.85 Å². The van der Waals surface area contributed by atoms with E-state index >= 15 is 0 Å². The topological polar surface area (TPSA) is 169 Å². The van der Waals surface area contributed by atoms with Crippen molar-refractivity contribution in [3.8, 4) is 0 Å². The van der Waals surface area contributed by atoms with E-state index in [1.165, 1.54) is 36.4 Å². The number of para-hydroxylation sites is 2. The second kappa shape index (κ2) is 10.9. The molecule has 0 saturated heterocycles. The van der Waals surface area contributed by atoms with E-state index in [1.807, 2.05) is 0 Å². The molecule has 2 amide bonds. The van der Waals surface area contributed by atoms with E-state index < -0.39 is 21.7 Å². The number of nitrogens with one attached hydrogen (secondary N) is 4. The smallest absolute Gasteiger partial charge is 0.282 e. The zero-order chi connectivity index (χ0) is 28.2. The van der Waals surface area contributed by atoms with Gasteiger partial charge < -0.3 is 21.3 Å². The van der Waals surface area contributed by atoms with Gasteiger partial charge in [0.1, 0.15) is 11.1 Å². The number of carbonyl (C=O) groups is 2. The third kappa shape index (κ3) is 5.41. The fraction of sp³-hybridized carbons (Fsp3) is 0.0714. The number of nitro groups is 2. The van der Waals surface area contributed by atoms with E-state index in [-0.39, 0.29) is 22.5 Å². The van der Waals surface area contributed by atoms with E-state index in [2.05, 4.69) is 21.3 Å². The van der Waals surface area contributed by atoms with E-state index in [0.717, 1.165) is 22.5 Å². The Bertz CT molecular complexity index is 1550. The summed E-state index contributed by atoms with van der Waals surface area (Å²) in [5, 5.41) is 34.7. The molecular formula is C28H22N6O6. The van der Waals surface area contributed by atoms with Crippen LogP contribution < -0.4 is 21.3 Å². The molecule has 4 N–H and O–H groups in total. The molecule has 1 aliphatic heterocycles. The Morgan fingerprint density at radius 2 is 1.02 bits per heavy atom. The summed E-state index contributed by atoms with van der Waals surface area (Å²) in [6.07, 6.45) is 0. The van der Waals surface area contributed by atoms with Crippen molar-refractivity contribution in [2.45, 2.75) is 13.1 Å². The van der Waals surface area contributed by atoms with Crippen LogP contribution in [-0.2, 0) is 13.1 Å². The summed E-state index contributed by atoms with van der Waals surface area (Å²) in [5.74, 6) is -1.17. The Kier molecular flexibility index (Phi) is 7.05. The lowest BCUT2D eigenvalue weighted by molar-refractivity contribution is -0.385. The molecule has 0 atom stereocenters. The van der Waals surface area contributed by atoms with E-state index in [9.17, 15) is 29.8 Å². The number of hydrogen-bond donors (Lipinski definition) is 4. The molecule has 0 fully saturated rings. The van der Waals surface area contributed by atoms with Crippen molar-refractivity contribution in [3.63, 3.8) is 0 Å². The van der Waals surface area contributed by atoms with Crippen molar-refractivity contribution in [2.24, 2.45) is 0 Å². The zero-order valence-electron chi connectivity index (χ0n) is 20.8. The summed E-state index contributed by atoms with van der Waals surface area (Å²) < 4.78 is 0. The van der Waals surface area contributed by atoms with Crippen molar-refractivity contribution in [2.75, 3.05) is 21.3 Å². The summed E-state index contributed by atoms with van der Waals surface area (Å²) in [4.78, 5) is 46.8. The van der Waals surface area contributed by atoms with Gasteiger partial charge in [-0.15, -0.1) is 0 Å². The van der Waals surface area contributed by atoms with Gasteiger partial charge in [-0.25, -0.2) is 0 Å². The van der Waals surface area contributed by atoms with Crippen molar-refractivity contribution in [1.82, 2.24) is 0 Å². The first-order chi connectivity index (χ1) is 19.3. The molecule has 200 valence electrons. The summed E-state index contributed by atoms with van der Waals surface area (Å²) >= 11 is 0. The molecular weight excluding hydrogens is 516 g/mol. The third-order valence-electron chi connectivity index (χ3n) is 6.36. The highest BCUT2D eigenvalue weighted by Crippen LogP contribution is 2.30. The molecule has 12 heteroatoms. The van der Waals surface area contributed by atoms with Gasteiger partial charge >= 0.3 is 0 Å². The highest BCUT2D eigenvalue weighted by molar-refractivity contribution is 6.08. The predicted octanol–water partition coefficient (Wildman–Crippen LogP) is 5.55. The van der Waals surface area contributed by atoms with Gasteiger partial charge in [-0.1, -0.05) is 24.3 Å². The number of benzene rings is 4. The van der Waals surface area contributed by atoms with Gasteiger partial charge in [0, 0.05) is 48.0 Å². The largest absolute Gasteiger partial charge is 0.381 e. The molecule has 0 saturated carbocycles. The van der Waals surface area contributed by atoms with E-state index in [0.29, 0.717) is 24.5 Å². The average Bonchev–Trinajstić information content (AvgIpc) is 2.94. The molecule has 40 heavy (non-hydrogen) atoms. The molecule has 0 bridgehead atoms. The summed E-state index contributed by atoms with van der Waals surface area (Å²) in [6.45, 7) is 0.818. The molecule has 4 aromatic rings.